The topological polar surface area (TPSA) is 133 Å². The van der Waals surface area contributed by atoms with Gasteiger partial charge in [-0.3, -0.25) is 9.59 Å². The molecular formula is C28H28N2O6. The van der Waals surface area contributed by atoms with Crippen LogP contribution in [0, 0.1) is 27.4 Å². The summed E-state index contributed by atoms with van der Waals surface area (Å²) in [6.07, 6.45) is 0. The van der Waals surface area contributed by atoms with E-state index in [9.17, 15) is 29.4 Å². The molecule has 0 bridgehead atoms. The number of hydrogen-bond acceptors (Lipinski definition) is 5. The zero-order valence-electron chi connectivity index (χ0n) is 34.7. The molecule has 0 aliphatic heterocycles. The Morgan fingerprint density at radius 2 is 1.14 bits per heavy atom. The molecule has 186 valence electrons. The third kappa shape index (κ3) is 4.98. The summed E-state index contributed by atoms with van der Waals surface area (Å²) in [5.74, 6) is -6.24. The summed E-state index contributed by atoms with van der Waals surface area (Å²) in [4.78, 5) is 49.8. The van der Waals surface area contributed by atoms with Gasteiger partial charge in [0.1, 0.15) is 0 Å². The van der Waals surface area contributed by atoms with Gasteiger partial charge >= 0.3 is 11.9 Å². The van der Waals surface area contributed by atoms with Crippen LogP contribution in [0.15, 0.2) is 36.3 Å². The van der Waals surface area contributed by atoms with Crippen LogP contribution in [0.1, 0.15) is 92.5 Å². The van der Waals surface area contributed by atoms with E-state index < -0.39 is 142 Å². The van der Waals surface area contributed by atoms with Gasteiger partial charge in [0.05, 0.1) is 22.2 Å². The van der Waals surface area contributed by atoms with Gasteiger partial charge in [0, 0.05) is 40.4 Å². The van der Waals surface area contributed by atoms with Crippen molar-refractivity contribution in [1.29, 1.82) is 0 Å². The first kappa shape index (κ1) is 12.0. The molecule has 0 saturated carbocycles. The van der Waals surface area contributed by atoms with Gasteiger partial charge in [-0.1, -0.05) is 0 Å². The van der Waals surface area contributed by atoms with Crippen LogP contribution in [-0.2, 0) is 0 Å². The normalized spacial score (nSPS) is 18.5. The predicted octanol–water partition coefficient (Wildman–Crippen LogP) is 5.48. The Balaban J connectivity index is 2.65. The quantitative estimate of drug-likeness (QED) is 0.313. The predicted molar refractivity (Wildman–Crippen MR) is 139 cm³/mol. The molecule has 0 radical (unpaired) electrons. The smallest absolute Gasteiger partial charge is 0.336 e. The molecule has 0 aromatic heterocycles. The number of anilines is 2. The van der Waals surface area contributed by atoms with Crippen LogP contribution >= 0.6 is 0 Å². The van der Waals surface area contributed by atoms with E-state index in [1.165, 1.54) is 0 Å². The van der Waals surface area contributed by atoms with Gasteiger partial charge in [0.25, 0.3) is 5.91 Å². The summed E-state index contributed by atoms with van der Waals surface area (Å²) in [6.45, 7) is -12.9. The zero-order valence-corrected chi connectivity index (χ0v) is 18.7. The number of amides is 1. The van der Waals surface area contributed by atoms with Gasteiger partial charge in [-0.15, -0.1) is 0 Å². The highest BCUT2D eigenvalue weighted by molar-refractivity contribution is 6.15. The van der Waals surface area contributed by atoms with E-state index in [0.717, 1.165) is 14.0 Å². The minimum atomic E-state index is -3.61. The fourth-order valence-corrected chi connectivity index (χ4v) is 3.30. The third-order valence-corrected chi connectivity index (χ3v) is 4.98. The van der Waals surface area contributed by atoms with Crippen molar-refractivity contribution in [2.45, 2.75) is 34.3 Å². The molecule has 0 unspecified atom stereocenters. The van der Waals surface area contributed by atoms with Crippen LogP contribution in [0.25, 0.3) is 11.1 Å². The van der Waals surface area contributed by atoms with Gasteiger partial charge in [0.2, 0.25) is 0 Å². The van der Waals surface area contributed by atoms with Crippen LogP contribution in [0.4, 0.5) is 11.4 Å². The van der Waals surface area contributed by atoms with Crippen LogP contribution in [0.5, 0.6) is 0 Å². The minimum Gasteiger partial charge on any atom is -0.478 e. The average Bonchev–Trinajstić information content (AvgIpc) is 2.94. The van der Waals surface area contributed by atoms with Gasteiger partial charge in [-0.2, -0.15) is 0 Å². The summed E-state index contributed by atoms with van der Waals surface area (Å²) < 4.78 is 133. The first-order valence-electron chi connectivity index (χ1n) is 17.9. The van der Waals surface area contributed by atoms with Crippen molar-refractivity contribution < 1.29 is 51.3 Å². The summed E-state index contributed by atoms with van der Waals surface area (Å²) >= 11 is 0. The van der Waals surface area contributed by atoms with E-state index in [1.807, 2.05) is 5.32 Å². The molecule has 0 aliphatic rings. The molecule has 3 aromatic rings. The Morgan fingerprint density at radius 1 is 0.722 bits per heavy atom. The van der Waals surface area contributed by atoms with E-state index in [-0.39, 0.29) is 0 Å². The summed E-state index contributed by atoms with van der Waals surface area (Å²) in [7, 11) is 1.10. The van der Waals surface area contributed by atoms with Crippen molar-refractivity contribution in [2.75, 3.05) is 17.7 Å². The van der Waals surface area contributed by atoms with Crippen molar-refractivity contribution in [3.8, 4) is 11.1 Å². The molecule has 4 N–H and O–H groups in total. The molecule has 0 heterocycles. The Labute approximate surface area is 231 Å². The Kier molecular flexibility index (Phi) is 3.34. The van der Waals surface area contributed by atoms with Crippen LogP contribution < -0.4 is 10.6 Å². The van der Waals surface area contributed by atoms with Gasteiger partial charge < -0.3 is 20.8 Å². The Hall–Kier alpha value is -4.46. The maximum atomic E-state index is 13.7. The number of rotatable bonds is 7. The summed E-state index contributed by atoms with van der Waals surface area (Å²) in [5, 5.41) is 23.5. The highest BCUT2D eigenvalue weighted by Gasteiger charge is 2.25. The number of carbonyl (C=O) groups is 4. The monoisotopic (exact) mass is 504 g/mol. The Morgan fingerprint density at radius 3 is 1.53 bits per heavy atom. The first-order chi connectivity index (χ1) is 23.4. The zero-order chi connectivity index (χ0) is 40.4. The molecule has 1 amide bonds. The lowest BCUT2D eigenvalue weighted by atomic mass is 9.94. The second kappa shape index (κ2) is 10.0. The molecule has 0 saturated heterocycles. The van der Waals surface area contributed by atoms with Crippen molar-refractivity contribution >= 4 is 35.0 Å². The van der Waals surface area contributed by atoms with E-state index in [1.54, 1.807) is 0 Å². The molecule has 3 aromatic carbocycles. The molecule has 0 fully saturated rings. The van der Waals surface area contributed by atoms with Gasteiger partial charge in [-0.25, -0.2) is 9.59 Å². The fraction of sp³-hybridized carbons (Fsp3) is 0.214. The number of benzene rings is 3. The van der Waals surface area contributed by atoms with E-state index in [0.29, 0.717) is 12.1 Å². The highest BCUT2D eigenvalue weighted by atomic mass is 16.4. The fourth-order valence-electron chi connectivity index (χ4n) is 3.30. The summed E-state index contributed by atoms with van der Waals surface area (Å²) in [5.41, 5.74) is -12.4. The van der Waals surface area contributed by atoms with Crippen LogP contribution in [0.2, 0.25) is 0 Å². The number of carboxylic acids is 2. The lowest BCUT2D eigenvalue weighted by Gasteiger charge is -2.17. The molecular weight excluding hydrogens is 460 g/mol. The van der Waals surface area contributed by atoms with Crippen molar-refractivity contribution in [2.24, 2.45) is 0 Å². The highest BCUT2D eigenvalue weighted by Crippen LogP contribution is 2.33. The number of Topliss-reactive ketones (excluding diaryl/α,β-unsaturated/α-hetero) is 1. The molecule has 36 heavy (non-hydrogen) atoms. The molecule has 0 aliphatic carbocycles. The molecule has 8 heteroatoms. The first-order valence-corrected chi connectivity index (χ1v) is 9.92. The SMILES string of the molecule is [2H]c1c(-c2c([2H])c(C([2H])([2H])[2H])c(NC(=O)c3cc(C(C)=O)c(C(=O)O)cc3C(=O)O)c(C([2H])([2H])[2H])c2[2H])c([2H])c(C([2H])([2H])[2H])c(NC)c1C([2H])([2H])[2H]. The number of nitrogens with one attached hydrogen (secondary N) is 2. The van der Waals surface area contributed by atoms with E-state index >= 15 is 0 Å². The van der Waals surface area contributed by atoms with Crippen LogP contribution in [0.3, 0.4) is 0 Å². The molecule has 8 nitrogen and oxygen atoms in total. The maximum absolute atomic E-state index is 13.7. The standard InChI is InChI=1S/C28H28N2O6/c1-13-7-18(8-14(2)24(13)29-6)19-9-15(3)25(16(4)10-19)30-26(32)21-11-20(17(5)31)22(27(33)34)12-23(21)28(35)36/h7-12,29H,1-6H3,(H,30,32)(H,33,34)(H,35,36)/i1D3,2D3,3D3,4D3,7D,8D,9D,10D. The van der Waals surface area contributed by atoms with Crippen LogP contribution in [-0.4, -0.2) is 40.9 Å². The lowest BCUT2D eigenvalue weighted by molar-refractivity contribution is 0.0690. The number of ketones is 1. The van der Waals surface area contributed by atoms with Crippen molar-refractivity contribution in [3.05, 3.63) is 80.8 Å². The van der Waals surface area contributed by atoms with Crippen molar-refractivity contribution in [3.63, 3.8) is 0 Å². The summed E-state index contributed by atoms with van der Waals surface area (Å²) in [6, 6.07) is -4.03. The second-order valence-corrected chi connectivity index (χ2v) is 7.31. The molecule has 3 rings (SSSR count). The van der Waals surface area contributed by atoms with E-state index in [2.05, 4.69) is 5.32 Å². The average molecular weight is 505 g/mol. The lowest BCUT2D eigenvalue weighted by Crippen LogP contribution is -2.20. The Bertz CT molecular complexity index is 1960. The molecule has 0 atom stereocenters. The number of hydrogen-bond donors (Lipinski definition) is 4. The minimum absolute atomic E-state index is 0.464. The van der Waals surface area contributed by atoms with E-state index in [4.69, 9.17) is 21.9 Å². The number of carbonyl (C=O) groups excluding carboxylic acids is 2. The van der Waals surface area contributed by atoms with Gasteiger partial charge in [0.15, 0.2) is 5.78 Å². The maximum Gasteiger partial charge on any atom is 0.336 e. The second-order valence-electron chi connectivity index (χ2n) is 7.31. The van der Waals surface area contributed by atoms with Gasteiger partial charge in [-0.05, 0) is 104 Å². The number of aromatic carboxylic acids is 2. The molecule has 0 spiro atoms. The number of carboxylic acid groups (broad SMARTS) is 2. The van der Waals surface area contributed by atoms with Crippen molar-refractivity contribution in [1.82, 2.24) is 0 Å². The largest absolute Gasteiger partial charge is 0.478 e. The third-order valence-electron chi connectivity index (χ3n) is 4.98.